The van der Waals surface area contributed by atoms with Crippen LogP contribution in [-0.4, -0.2) is 43.9 Å². The minimum Gasteiger partial charge on any atom is -0.386 e. The van der Waals surface area contributed by atoms with Gasteiger partial charge in [-0.05, 0) is 19.7 Å². The van der Waals surface area contributed by atoms with Gasteiger partial charge in [-0.1, -0.05) is 30.3 Å². The van der Waals surface area contributed by atoms with Crippen molar-refractivity contribution in [1.82, 2.24) is 4.90 Å². The van der Waals surface area contributed by atoms with Crippen molar-refractivity contribution in [2.75, 3.05) is 33.9 Å². The Morgan fingerprint density at radius 2 is 1.88 bits per heavy atom. The molecule has 4 heteroatoms. The first-order valence-corrected chi connectivity index (χ1v) is 5.15. The third-order valence-electron chi connectivity index (χ3n) is 2.14. The zero-order valence-corrected chi connectivity index (χ0v) is 10.6. The lowest BCUT2D eigenvalue weighted by Gasteiger charge is -2.13. The number of halogens is 1. The number of hydrogen-bond donors (Lipinski definition) is 1. The maximum absolute atomic E-state index is 9.75. The fraction of sp³-hybridized carbons (Fsp3) is 0.500. The van der Waals surface area contributed by atoms with Crippen LogP contribution in [0, 0.1) is 0 Å². The summed E-state index contributed by atoms with van der Waals surface area (Å²) in [6.07, 6.45) is -0.520. The Morgan fingerprint density at radius 3 is 2.44 bits per heavy atom. The molecule has 0 aliphatic heterocycles. The van der Waals surface area contributed by atoms with Crippen molar-refractivity contribution >= 4 is 12.4 Å². The van der Waals surface area contributed by atoms with E-state index < -0.39 is 6.10 Å². The van der Waals surface area contributed by atoms with Gasteiger partial charge >= 0.3 is 0 Å². The van der Waals surface area contributed by atoms with Gasteiger partial charge < -0.3 is 14.7 Å². The second kappa shape index (κ2) is 8.53. The highest BCUT2D eigenvalue weighted by Crippen LogP contribution is 2.11. The Labute approximate surface area is 103 Å². The van der Waals surface area contributed by atoms with Crippen LogP contribution >= 0.6 is 12.4 Å². The molecule has 16 heavy (non-hydrogen) atoms. The second-order valence-corrected chi connectivity index (χ2v) is 3.80. The summed E-state index contributed by atoms with van der Waals surface area (Å²) < 4.78 is 5.37. The van der Waals surface area contributed by atoms with Gasteiger partial charge in [0.15, 0.2) is 0 Å². The van der Waals surface area contributed by atoms with Crippen LogP contribution in [0.25, 0.3) is 0 Å². The molecular weight excluding hydrogens is 226 g/mol. The Balaban J connectivity index is 0.00000225. The third-order valence-corrected chi connectivity index (χ3v) is 2.14. The summed E-state index contributed by atoms with van der Waals surface area (Å²) in [6, 6.07) is 9.57. The zero-order chi connectivity index (χ0) is 11.1. The molecule has 1 rings (SSSR count). The van der Waals surface area contributed by atoms with Crippen molar-refractivity contribution in [2.45, 2.75) is 6.10 Å². The molecule has 0 amide bonds. The van der Waals surface area contributed by atoms with Gasteiger partial charge in [-0.25, -0.2) is 0 Å². The number of hydrogen-bond acceptors (Lipinski definition) is 3. The highest BCUT2D eigenvalue weighted by atomic mass is 35.5. The summed E-state index contributed by atoms with van der Waals surface area (Å²) in [5.41, 5.74) is 0.905. The van der Waals surface area contributed by atoms with Crippen molar-refractivity contribution in [2.24, 2.45) is 0 Å². The second-order valence-electron chi connectivity index (χ2n) is 3.80. The lowest BCUT2D eigenvalue weighted by Crippen LogP contribution is -2.19. The van der Waals surface area contributed by atoms with Crippen LogP contribution in [0.2, 0.25) is 0 Å². The van der Waals surface area contributed by atoms with Gasteiger partial charge in [0, 0.05) is 6.54 Å². The number of rotatable bonds is 6. The molecule has 0 radical (unpaired) electrons. The normalized spacial score (nSPS) is 12.2. The molecule has 92 valence electrons. The molecule has 1 atom stereocenters. The Bertz CT molecular complexity index is 267. The van der Waals surface area contributed by atoms with Crippen LogP contribution < -0.4 is 0 Å². The van der Waals surface area contributed by atoms with Gasteiger partial charge in [0.1, 0.15) is 6.10 Å². The van der Waals surface area contributed by atoms with E-state index in [9.17, 15) is 5.11 Å². The number of aliphatic hydroxyl groups excluding tert-OH is 1. The highest BCUT2D eigenvalue weighted by molar-refractivity contribution is 5.85. The fourth-order valence-corrected chi connectivity index (χ4v) is 1.21. The lowest BCUT2D eigenvalue weighted by molar-refractivity contribution is 0.0306. The summed E-state index contributed by atoms with van der Waals surface area (Å²) >= 11 is 0. The minimum absolute atomic E-state index is 0. The lowest BCUT2D eigenvalue weighted by atomic mass is 10.1. The molecule has 0 saturated carbocycles. The van der Waals surface area contributed by atoms with Gasteiger partial charge in [0.05, 0.1) is 13.2 Å². The van der Waals surface area contributed by atoms with Crippen molar-refractivity contribution in [3.05, 3.63) is 35.9 Å². The van der Waals surface area contributed by atoms with E-state index in [1.54, 1.807) is 0 Å². The molecule has 0 aromatic heterocycles. The molecule has 1 aromatic carbocycles. The third kappa shape index (κ3) is 6.08. The first-order chi connectivity index (χ1) is 7.20. The summed E-state index contributed by atoms with van der Waals surface area (Å²) in [5, 5.41) is 9.75. The van der Waals surface area contributed by atoms with Crippen LogP contribution in [0.1, 0.15) is 11.7 Å². The van der Waals surface area contributed by atoms with E-state index in [4.69, 9.17) is 4.74 Å². The van der Waals surface area contributed by atoms with Gasteiger partial charge in [-0.15, -0.1) is 12.4 Å². The quantitative estimate of drug-likeness (QED) is 0.775. The van der Waals surface area contributed by atoms with E-state index >= 15 is 0 Å². The van der Waals surface area contributed by atoms with E-state index in [-0.39, 0.29) is 12.4 Å². The van der Waals surface area contributed by atoms with Gasteiger partial charge in [0.2, 0.25) is 0 Å². The van der Waals surface area contributed by atoms with Crippen LogP contribution in [0.3, 0.4) is 0 Å². The number of aliphatic hydroxyl groups is 1. The standard InChI is InChI=1S/C12H19NO2.ClH/c1-13(2)8-9-15-10-12(14)11-6-4-3-5-7-11;/h3-7,12,14H,8-10H2,1-2H3;1H/t12-;/m0./s1. The molecular formula is C12H20ClNO2. The predicted molar refractivity (Wildman–Crippen MR) is 68.0 cm³/mol. The van der Waals surface area contributed by atoms with E-state index in [1.807, 2.05) is 44.4 Å². The minimum atomic E-state index is -0.520. The van der Waals surface area contributed by atoms with Crippen molar-refractivity contribution in [3.63, 3.8) is 0 Å². The fourth-order valence-electron chi connectivity index (χ4n) is 1.21. The Kier molecular flexibility index (Phi) is 8.21. The maximum Gasteiger partial charge on any atom is 0.102 e. The summed E-state index contributed by atoms with van der Waals surface area (Å²) in [4.78, 5) is 2.05. The first kappa shape index (κ1) is 15.4. The van der Waals surface area contributed by atoms with E-state index in [1.165, 1.54) is 0 Å². The molecule has 0 saturated heterocycles. The maximum atomic E-state index is 9.75. The van der Waals surface area contributed by atoms with E-state index in [0.29, 0.717) is 13.2 Å². The number of benzene rings is 1. The first-order valence-electron chi connectivity index (χ1n) is 5.15. The molecule has 0 spiro atoms. The average Bonchev–Trinajstić information content (AvgIpc) is 2.25. The summed E-state index contributed by atoms with van der Waals surface area (Å²) in [7, 11) is 3.99. The van der Waals surface area contributed by atoms with Crippen molar-refractivity contribution < 1.29 is 9.84 Å². The molecule has 0 fully saturated rings. The van der Waals surface area contributed by atoms with Crippen molar-refractivity contribution in [3.8, 4) is 0 Å². The van der Waals surface area contributed by atoms with Gasteiger partial charge in [0.25, 0.3) is 0 Å². The molecule has 1 aromatic rings. The molecule has 0 heterocycles. The summed E-state index contributed by atoms with van der Waals surface area (Å²) in [5.74, 6) is 0. The summed E-state index contributed by atoms with van der Waals surface area (Å²) in [6.45, 7) is 1.89. The van der Waals surface area contributed by atoms with Crippen LogP contribution in [-0.2, 0) is 4.74 Å². The molecule has 0 bridgehead atoms. The molecule has 0 unspecified atom stereocenters. The largest absolute Gasteiger partial charge is 0.386 e. The zero-order valence-electron chi connectivity index (χ0n) is 9.80. The number of ether oxygens (including phenoxy) is 1. The molecule has 0 aliphatic carbocycles. The SMILES string of the molecule is CN(C)CCOC[C@H](O)c1ccccc1.Cl. The number of nitrogens with zero attached hydrogens (tertiary/aromatic N) is 1. The Hall–Kier alpha value is -0.610. The van der Waals surface area contributed by atoms with Gasteiger partial charge in [-0.2, -0.15) is 0 Å². The predicted octanol–water partition coefficient (Wildman–Crippen LogP) is 1.72. The van der Waals surface area contributed by atoms with Crippen LogP contribution in [0.4, 0.5) is 0 Å². The monoisotopic (exact) mass is 245 g/mol. The molecule has 3 nitrogen and oxygen atoms in total. The topological polar surface area (TPSA) is 32.7 Å². The number of likely N-dealkylation sites (N-methyl/N-ethyl adjacent to an activating group) is 1. The van der Waals surface area contributed by atoms with Crippen LogP contribution in [0.15, 0.2) is 30.3 Å². The molecule has 0 aliphatic rings. The smallest absolute Gasteiger partial charge is 0.102 e. The van der Waals surface area contributed by atoms with Crippen LogP contribution in [0.5, 0.6) is 0 Å². The Morgan fingerprint density at radius 1 is 1.25 bits per heavy atom. The van der Waals surface area contributed by atoms with E-state index in [2.05, 4.69) is 4.90 Å². The average molecular weight is 246 g/mol. The van der Waals surface area contributed by atoms with Gasteiger partial charge in [-0.3, -0.25) is 0 Å². The highest BCUT2D eigenvalue weighted by Gasteiger charge is 2.06. The van der Waals surface area contributed by atoms with E-state index in [0.717, 1.165) is 12.1 Å². The van der Waals surface area contributed by atoms with Crippen molar-refractivity contribution in [1.29, 1.82) is 0 Å². The molecule has 1 N–H and O–H groups in total.